The van der Waals surface area contributed by atoms with Gasteiger partial charge in [0, 0.05) is 22.6 Å². The normalized spacial score (nSPS) is 15.9. The summed E-state index contributed by atoms with van der Waals surface area (Å²) in [7, 11) is 0. The van der Waals surface area contributed by atoms with Gasteiger partial charge in [0.25, 0.3) is 0 Å². The van der Waals surface area contributed by atoms with E-state index >= 15 is 0 Å². The van der Waals surface area contributed by atoms with Crippen molar-refractivity contribution in [1.29, 1.82) is 0 Å². The average Bonchev–Trinajstić information content (AvgIpc) is 2.69. The number of anilines is 1. The van der Waals surface area contributed by atoms with Crippen molar-refractivity contribution in [2.24, 2.45) is 5.73 Å². The smallest absolute Gasteiger partial charge is 0.124 e. The molecule has 3 nitrogen and oxygen atoms in total. The number of fused-ring (bicyclic) bond motifs is 1. The van der Waals surface area contributed by atoms with Crippen molar-refractivity contribution in [1.82, 2.24) is 0 Å². The lowest BCUT2D eigenvalue weighted by molar-refractivity contribution is 0.331. The molecule has 1 atom stereocenters. The van der Waals surface area contributed by atoms with Gasteiger partial charge in [-0.25, -0.2) is 0 Å². The second-order valence-corrected chi connectivity index (χ2v) is 6.23. The minimum atomic E-state index is 0.0449. The van der Waals surface area contributed by atoms with Gasteiger partial charge in [0.15, 0.2) is 0 Å². The zero-order chi connectivity index (χ0) is 14.8. The van der Waals surface area contributed by atoms with Crippen LogP contribution in [0.1, 0.15) is 24.1 Å². The summed E-state index contributed by atoms with van der Waals surface area (Å²) in [6.07, 6.45) is 0. The van der Waals surface area contributed by atoms with E-state index in [1.165, 1.54) is 11.3 Å². The van der Waals surface area contributed by atoms with Gasteiger partial charge >= 0.3 is 0 Å². The molecule has 4 heteroatoms. The second kappa shape index (κ2) is 6.08. The summed E-state index contributed by atoms with van der Waals surface area (Å²) in [5.74, 6) is 0.989. The molecular weight excluding hydrogens is 328 g/mol. The Morgan fingerprint density at radius 3 is 2.81 bits per heavy atom. The standard InChI is InChI=1S/C17H19BrN2O/c1-12(19)13-6-7-16(15(18)10-13)20-8-9-21-17-5-3-2-4-14(17)11-20/h2-7,10,12H,8-9,11,19H2,1H3/t12-/m0/s1. The third-order valence-electron chi connectivity index (χ3n) is 3.79. The fraction of sp³-hybridized carbons (Fsp3) is 0.294. The van der Waals surface area contributed by atoms with Crippen LogP contribution in [0.25, 0.3) is 0 Å². The van der Waals surface area contributed by atoms with Crippen molar-refractivity contribution >= 4 is 21.6 Å². The molecule has 1 aliphatic rings. The van der Waals surface area contributed by atoms with Crippen LogP contribution < -0.4 is 15.4 Å². The Hall–Kier alpha value is -1.52. The van der Waals surface area contributed by atoms with Gasteiger partial charge in [-0.2, -0.15) is 0 Å². The molecule has 0 aliphatic carbocycles. The van der Waals surface area contributed by atoms with E-state index in [2.05, 4.69) is 51.2 Å². The molecule has 2 aromatic carbocycles. The van der Waals surface area contributed by atoms with Crippen molar-refractivity contribution < 1.29 is 4.74 Å². The summed E-state index contributed by atoms with van der Waals surface area (Å²) in [6, 6.07) is 14.6. The molecule has 110 valence electrons. The number of halogens is 1. The van der Waals surface area contributed by atoms with Crippen LogP contribution in [0.4, 0.5) is 5.69 Å². The highest BCUT2D eigenvalue weighted by Gasteiger charge is 2.17. The van der Waals surface area contributed by atoms with E-state index in [1.807, 2.05) is 19.1 Å². The van der Waals surface area contributed by atoms with E-state index in [9.17, 15) is 0 Å². The third-order valence-corrected chi connectivity index (χ3v) is 4.43. The number of benzene rings is 2. The van der Waals surface area contributed by atoms with E-state index in [0.29, 0.717) is 6.61 Å². The van der Waals surface area contributed by atoms with Crippen LogP contribution in [0.3, 0.4) is 0 Å². The fourth-order valence-corrected chi connectivity index (χ4v) is 3.24. The number of nitrogens with two attached hydrogens (primary N) is 1. The van der Waals surface area contributed by atoms with E-state index in [1.54, 1.807) is 0 Å². The first-order valence-corrected chi connectivity index (χ1v) is 7.95. The molecule has 0 unspecified atom stereocenters. The summed E-state index contributed by atoms with van der Waals surface area (Å²) in [4.78, 5) is 2.33. The maximum absolute atomic E-state index is 5.94. The Morgan fingerprint density at radius 2 is 2.05 bits per heavy atom. The number of nitrogens with zero attached hydrogens (tertiary/aromatic N) is 1. The molecule has 2 aromatic rings. The Bertz CT molecular complexity index is 642. The Morgan fingerprint density at radius 1 is 1.24 bits per heavy atom. The predicted octanol–water partition coefficient (Wildman–Crippen LogP) is 3.87. The number of ether oxygens (including phenoxy) is 1. The summed E-state index contributed by atoms with van der Waals surface area (Å²) in [5.41, 5.74) is 9.48. The zero-order valence-corrected chi connectivity index (χ0v) is 13.6. The Balaban J connectivity index is 1.91. The largest absolute Gasteiger partial charge is 0.491 e. The molecule has 0 saturated heterocycles. The molecule has 0 spiro atoms. The van der Waals surface area contributed by atoms with Crippen molar-refractivity contribution in [3.05, 3.63) is 58.1 Å². The van der Waals surface area contributed by atoms with Crippen LogP contribution >= 0.6 is 15.9 Å². The molecule has 1 aliphatic heterocycles. The van der Waals surface area contributed by atoms with Crippen LogP contribution in [0, 0.1) is 0 Å². The molecule has 0 aromatic heterocycles. The first-order valence-electron chi connectivity index (χ1n) is 7.16. The summed E-state index contributed by atoms with van der Waals surface area (Å²) >= 11 is 3.68. The third kappa shape index (κ3) is 3.06. The zero-order valence-electron chi connectivity index (χ0n) is 12.1. The van der Waals surface area contributed by atoms with E-state index < -0.39 is 0 Å². The lowest BCUT2D eigenvalue weighted by Crippen LogP contribution is -2.25. The van der Waals surface area contributed by atoms with Crippen LogP contribution in [0.15, 0.2) is 46.9 Å². The number of hydrogen-bond donors (Lipinski definition) is 1. The molecule has 0 saturated carbocycles. The monoisotopic (exact) mass is 346 g/mol. The van der Waals surface area contributed by atoms with Gasteiger partial charge in [-0.3, -0.25) is 0 Å². The van der Waals surface area contributed by atoms with Gasteiger partial charge in [-0.05, 0) is 46.6 Å². The molecule has 21 heavy (non-hydrogen) atoms. The molecule has 0 amide bonds. The lowest BCUT2D eigenvalue weighted by atomic mass is 10.1. The van der Waals surface area contributed by atoms with Crippen molar-refractivity contribution in [3.63, 3.8) is 0 Å². The van der Waals surface area contributed by atoms with E-state index in [-0.39, 0.29) is 6.04 Å². The summed E-state index contributed by atoms with van der Waals surface area (Å²) < 4.78 is 6.91. The number of para-hydroxylation sites is 1. The number of hydrogen-bond acceptors (Lipinski definition) is 3. The van der Waals surface area contributed by atoms with Gasteiger partial charge in [-0.15, -0.1) is 0 Å². The van der Waals surface area contributed by atoms with Gasteiger partial charge in [0.05, 0.1) is 12.2 Å². The van der Waals surface area contributed by atoms with Crippen LogP contribution in [0.5, 0.6) is 5.75 Å². The SMILES string of the molecule is C[C@H](N)c1ccc(N2CCOc3ccccc3C2)c(Br)c1. The minimum absolute atomic E-state index is 0.0449. The van der Waals surface area contributed by atoms with E-state index in [0.717, 1.165) is 28.9 Å². The first kappa shape index (κ1) is 14.4. The maximum Gasteiger partial charge on any atom is 0.124 e. The average molecular weight is 347 g/mol. The van der Waals surface area contributed by atoms with Gasteiger partial charge in [-0.1, -0.05) is 24.3 Å². The lowest BCUT2D eigenvalue weighted by Gasteiger charge is -2.24. The van der Waals surface area contributed by atoms with Gasteiger partial charge in [0.2, 0.25) is 0 Å². The first-order chi connectivity index (χ1) is 10.1. The molecule has 0 bridgehead atoms. The predicted molar refractivity (Wildman–Crippen MR) is 89.7 cm³/mol. The second-order valence-electron chi connectivity index (χ2n) is 5.38. The Kier molecular flexibility index (Phi) is 4.17. The highest BCUT2D eigenvalue weighted by atomic mass is 79.9. The quantitative estimate of drug-likeness (QED) is 0.896. The van der Waals surface area contributed by atoms with E-state index in [4.69, 9.17) is 10.5 Å². The molecular formula is C17H19BrN2O. The van der Waals surface area contributed by atoms with Crippen molar-refractivity contribution in [3.8, 4) is 5.75 Å². The van der Waals surface area contributed by atoms with Crippen LogP contribution in [-0.4, -0.2) is 13.2 Å². The molecule has 0 radical (unpaired) electrons. The minimum Gasteiger partial charge on any atom is -0.491 e. The van der Waals surface area contributed by atoms with Gasteiger partial charge < -0.3 is 15.4 Å². The highest BCUT2D eigenvalue weighted by molar-refractivity contribution is 9.10. The molecule has 3 rings (SSSR count). The fourth-order valence-electron chi connectivity index (χ4n) is 2.59. The molecule has 2 N–H and O–H groups in total. The summed E-state index contributed by atoms with van der Waals surface area (Å²) in [6.45, 7) is 4.41. The van der Waals surface area contributed by atoms with Crippen molar-refractivity contribution in [2.75, 3.05) is 18.1 Å². The summed E-state index contributed by atoms with van der Waals surface area (Å²) in [5, 5.41) is 0. The van der Waals surface area contributed by atoms with Crippen LogP contribution in [0.2, 0.25) is 0 Å². The highest BCUT2D eigenvalue weighted by Crippen LogP contribution is 2.32. The topological polar surface area (TPSA) is 38.5 Å². The Labute approximate surface area is 133 Å². The maximum atomic E-state index is 5.94. The van der Waals surface area contributed by atoms with Gasteiger partial charge in [0.1, 0.15) is 12.4 Å². The molecule has 0 fully saturated rings. The number of rotatable bonds is 2. The van der Waals surface area contributed by atoms with Crippen molar-refractivity contribution in [2.45, 2.75) is 19.5 Å². The van der Waals surface area contributed by atoms with Crippen LogP contribution in [-0.2, 0) is 6.54 Å². The molecule has 1 heterocycles.